The summed E-state index contributed by atoms with van der Waals surface area (Å²) < 4.78 is 18.0. The molecule has 0 saturated heterocycles. The van der Waals surface area contributed by atoms with E-state index in [1.807, 2.05) is 28.8 Å². The fraction of sp³-hybridized carbons (Fsp3) is 0.278. The van der Waals surface area contributed by atoms with Gasteiger partial charge in [0.25, 0.3) is 0 Å². The highest BCUT2D eigenvalue weighted by atomic mass is 16.5. The van der Waals surface area contributed by atoms with Gasteiger partial charge in [-0.05, 0) is 12.1 Å². The lowest BCUT2D eigenvalue weighted by molar-refractivity contribution is 0.0931. The molecule has 0 spiro atoms. The molecule has 0 amide bonds. The summed E-state index contributed by atoms with van der Waals surface area (Å²) >= 11 is 0. The van der Waals surface area contributed by atoms with Gasteiger partial charge in [0.1, 0.15) is 30.0 Å². The van der Waals surface area contributed by atoms with Crippen LogP contribution in [0.3, 0.4) is 0 Å². The molecule has 1 aromatic heterocycles. The van der Waals surface area contributed by atoms with E-state index in [2.05, 4.69) is 4.98 Å². The molecule has 6 heteroatoms. The van der Waals surface area contributed by atoms with Crippen LogP contribution < -0.4 is 14.2 Å². The minimum absolute atomic E-state index is 0.156. The summed E-state index contributed by atoms with van der Waals surface area (Å²) in [6, 6.07) is 13.1. The molecule has 0 unspecified atom stereocenters. The van der Waals surface area contributed by atoms with Gasteiger partial charge in [0.15, 0.2) is 0 Å². The van der Waals surface area contributed by atoms with Crippen molar-refractivity contribution >= 4 is 11.0 Å². The minimum atomic E-state index is -0.667. The number of methoxy groups -OCH3 is 2. The number of hydrogen-bond acceptors (Lipinski definition) is 5. The Morgan fingerprint density at radius 2 is 1.71 bits per heavy atom. The van der Waals surface area contributed by atoms with Crippen LogP contribution in [0, 0.1) is 0 Å². The Hall–Kier alpha value is -2.73. The first-order valence-electron chi connectivity index (χ1n) is 7.63. The first-order valence-corrected chi connectivity index (χ1v) is 7.63. The highest BCUT2D eigenvalue weighted by Gasteiger charge is 2.10. The number of rotatable bonds is 7. The third-order valence-electron chi connectivity index (χ3n) is 3.70. The van der Waals surface area contributed by atoms with Gasteiger partial charge in [-0.15, -0.1) is 0 Å². The van der Waals surface area contributed by atoms with E-state index in [0.29, 0.717) is 23.8 Å². The second-order valence-electron chi connectivity index (χ2n) is 5.40. The molecule has 0 aliphatic heterocycles. The molecule has 24 heavy (non-hydrogen) atoms. The molecule has 1 heterocycles. The van der Waals surface area contributed by atoms with Gasteiger partial charge in [0.05, 0.1) is 38.1 Å². The number of aromatic nitrogens is 2. The topological polar surface area (TPSA) is 65.7 Å². The number of aliphatic hydroxyl groups excluding tert-OH is 1. The van der Waals surface area contributed by atoms with Crippen LogP contribution in [0.4, 0.5) is 0 Å². The predicted octanol–water partition coefficient (Wildman–Crippen LogP) is 2.49. The van der Waals surface area contributed by atoms with Crippen LogP contribution in [-0.2, 0) is 6.54 Å². The fourth-order valence-electron chi connectivity index (χ4n) is 2.49. The van der Waals surface area contributed by atoms with E-state index in [0.717, 1.165) is 11.0 Å². The molecule has 2 aromatic carbocycles. The first-order chi connectivity index (χ1) is 11.7. The molecule has 0 saturated carbocycles. The van der Waals surface area contributed by atoms with Crippen molar-refractivity contribution in [1.29, 1.82) is 0 Å². The van der Waals surface area contributed by atoms with Gasteiger partial charge in [-0.3, -0.25) is 0 Å². The highest BCUT2D eigenvalue weighted by Crippen LogP contribution is 2.27. The van der Waals surface area contributed by atoms with Gasteiger partial charge in [-0.2, -0.15) is 0 Å². The van der Waals surface area contributed by atoms with Gasteiger partial charge >= 0.3 is 0 Å². The molecule has 1 N–H and O–H groups in total. The Labute approximate surface area is 140 Å². The van der Waals surface area contributed by atoms with E-state index >= 15 is 0 Å². The summed E-state index contributed by atoms with van der Waals surface area (Å²) in [6.07, 6.45) is 1.06. The summed E-state index contributed by atoms with van der Waals surface area (Å²) in [5.41, 5.74) is 1.89. The Balaban J connectivity index is 1.64. The van der Waals surface area contributed by atoms with Crippen molar-refractivity contribution in [2.75, 3.05) is 20.8 Å². The van der Waals surface area contributed by atoms with Crippen LogP contribution in [0.15, 0.2) is 48.8 Å². The molecule has 0 bridgehead atoms. The van der Waals surface area contributed by atoms with Crippen LogP contribution in [0.25, 0.3) is 11.0 Å². The van der Waals surface area contributed by atoms with Crippen LogP contribution in [0.5, 0.6) is 17.2 Å². The molecule has 0 radical (unpaired) electrons. The quantitative estimate of drug-likeness (QED) is 0.722. The number of para-hydroxylation sites is 2. The summed E-state index contributed by atoms with van der Waals surface area (Å²) in [4.78, 5) is 4.31. The van der Waals surface area contributed by atoms with E-state index in [4.69, 9.17) is 14.2 Å². The molecule has 126 valence electrons. The number of benzene rings is 2. The monoisotopic (exact) mass is 328 g/mol. The van der Waals surface area contributed by atoms with Crippen molar-refractivity contribution in [2.24, 2.45) is 0 Å². The van der Waals surface area contributed by atoms with Gasteiger partial charge < -0.3 is 23.9 Å². The zero-order valence-electron chi connectivity index (χ0n) is 13.7. The van der Waals surface area contributed by atoms with Crippen molar-refractivity contribution in [3.05, 3.63) is 48.8 Å². The molecule has 0 aliphatic carbocycles. The normalized spacial score (nSPS) is 12.1. The lowest BCUT2D eigenvalue weighted by atomic mass is 10.3. The third kappa shape index (κ3) is 3.60. The molecule has 0 aliphatic rings. The number of fused-ring (bicyclic) bond motifs is 1. The lowest BCUT2D eigenvalue weighted by Gasteiger charge is -2.15. The first kappa shape index (κ1) is 16.1. The van der Waals surface area contributed by atoms with Crippen LogP contribution in [0.2, 0.25) is 0 Å². The molecular formula is C18H20N2O4. The average molecular weight is 328 g/mol. The standard InChI is InChI=1S/C18H20N2O4/c1-22-14-7-15(23-2)9-16(8-14)24-11-13(21)10-20-12-19-17-5-3-4-6-18(17)20/h3-9,12-13,21H,10-11H2,1-2H3/t13-/m1/s1. The van der Waals surface area contributed by atoms with E-state index in [9.17, 15) is 5.11 Å². The molecule has 3 aromatic rings. The fourth-order valence-corrected chi connectivity index (χ4v) is 2.49. The van der Waals surface area contributed by atoms with E-state index in [1.54, 1.807) is 38.7 Å². The van der Waals surface area contributed by atoms with Crippen molar-refractivity contribution in [3.8, 4) is 17.2 Å². The smallest absolute Gasteiger partial charge is 0.126 e. The number of hydrogen-bond donors (Lipinski definition) is 1. The van der Waals surface area contributed by atoms with E-state index < -0.39 is 6.10 Å². The Bertz CT molecular complexity index is 793. The maximum absolute atomic E-state index is 10.3. The van der Waals surface area contributed by atoms with Crippen LogP contribution in [0.1, 0.15) is 0 Å². The number of imidazole rings is 1. The van der Waals surface area contributed by atoms with Crippen molar-refractivity contribution in [1.82, 2.24) is 9.55 Å². The third-order valence-corrected chi connectivity index (χ3v) is 3.70. The number of aliphatic hydroxyl groups is 1. The van der Waals surface area contributed by atoms with Gasteiger partial charge in [-0.25, -0.2) is 4.98 Å². The van der Waals surface area contributed by atoms with E-state index in [-0.39, 0.29) is 6.61 Å². The largest absolute Gasteiger partial charge is 0.496 e. The summed E-state index contributed by atoms with van der Waals surface area (Å²) in [7, 11) is 3.16. The molecule has 1 atom stereocenters. The molecule has 3 rings (SSSR count). The number of nitrogens with zero attached hydrogens (tertiary/aromatic N) is 2. The number of ether oxygens (including phenoxy) is 3. The highest BCUT2D eigenvalue weighted by molar-refractivity contribution is 5.74. The average Bonchev–Trinajstić information content (AvgIpc) is 3.02. The summed E-state index contributed by atoms with van der Waals surface area (Å²) in [5.74, 6) is 1.86. The second-order valence-corrected chi connectivity index (χ2v) is 5.40. The maximum atomic E-state index is 10.3. The molecular weight excluding hydrogens is 308 g/mol. The van der Waals surface area contributed by atoms with Crippen LogP contribution in [-0.4, -0.2) is 41.6 Å². The van der Waals surface area contributed by atoms with Gasteiger partial charge in [-0.1, -0.05) is 12.1 Å². The SMILES string of the molecule is COc1cc(OC)cc(OC[C@H](O)Cn2cnc3ccccc32)c1. The molecule has 0 fully saturated rings. The summed E-state index contributed by atoms with van der Waals surface area (Å²) in [5, 5.41) is 10.3. The van der Waals surface area contributed by atoms with Gasteiger partial charge in [0, 0.05) is 18.2 Å². The zero-order valence-corrected chi connectivity index (χ0v) is 13.7. The molecule has 6 nitrogen and oxygen atoms in total. The Morgan fingerprint density at radius 1 is 1.04 bits per heavy atom. The summed E-state index contributed by atoms with van der Waals surface area (Å²) in [6.45, 7) is 0.560. The van der Waals surface area contributed by atoms with Crippen molar-refractivity contribution in [3.63, 3.8) is 0 Å². The second kappa shape index (κ2) is 7.23. The van der Waals surface area contributed by atoms with Crippen molar-refractivity contribution < 1.29 is 19.3 Å². The minimum Gasteiger partial charge on any atom is -0.496 e. The van der Waals surface area contributed by atoms with E-state index in [1.165, 1.54) is 0 Å². The predicted molar refractivity (Wildman–Crippen MR) is 90.8 cm³/mol. The zero-order chi connectivity index (χ0) is 16.9. The maximum Gasteiger partial charge on any atom is 0.126 e. The Kier molecular flexibility index (Phi) is 4.86. The van der Waals surface area contributed by atoms with Crippen molar-refractivity contribution in [2.45, 2.75) is 12.6 Å². The lowest BCUT2D eigenvalue weighted by Crippen LogP contribution is -2.23. The van der Waals surface area contributed by atoms with Crippen LogP contribution >= 0.6 is 0 Å². The van der Waals surface area contributed by atoms with Gasteiger partial charge in [0.2, 0.25) is 0 Å². The Morgan fingerprint density at radius 3 is 2.42 bits per heavy atom.